The van der Waals surface area contributed by atoms with Crippen LogP contribution in [0.2, 0.25) is 0 Å². The second-order valence-corrected chi connectivity index (χ2v) is 9.79. The number of phenols is 1. The van der Waals surface area contributed by atoms with Crippen molar-refractivity contribution in [1.82, 2.24) is 21.3 Å². The molecule has 1 aromatic carbocycles. The van der Waals surface area contributed by atoms with Gasteiger partial charge in [-0.1, -0.05) is 12.1 Å². The normalized spacial score (nSPS) is 16.7. The summed E-state index contributed by atoms with van der Waals surface area (Å²) in [6.45, 7) is 3.58. The number of aliphatic hydroxyl groups is 3. The van der Waals surface area contributed by atoms with Crippen molar-refractivity contribution in [2.45, 2.75) is 82.1 Å². The maximum atomic E-state index is 13.2. The van der Waals surface area contributed by atoms with E-state index in [4.69, 9.17) is 17.2 Å². The summed E-state index contributed by atoms with van der Waals surface area (Å²) >= 11 is 0. The first-order valence-corrected chi connectivity index (χ1v) is 12.8. The summed E-state index contributed by atoms with van der Waals surface area (Å²) in [6, 6.07) is -2.31. The summed E-state index contributed by atoms with van der Waals surface area (Å²) in [5.41, 5.74) is 16.5. The Hall–Kier alpha value is -4.32. The second-order valence-electron chi connectivity index (χ2n) is 9.79. The minimum Gasteiger partial charge on any atom is -0.508 e. The van der Waals surface area contributed by atoms with E-state index in [2.05, 4.69) is 21.3 Å². The Morgan fingerprint density at radius 3 is 1.62 bits per heavy atom. The van der Waals surface area contributed by atoms with E-state index in [1.54, 1.807) is 0 Å². The lowest BCUT2D eigenvalue weighted by Gasteiger charge is -2.27. The van der Waals surface area contributed by atoms with Gasteiger partial charge in [0.05, 0.1) is 24.7 Å². The zero-order valence-corrected chi connectivity index (χ0v) is 23.3. The van der Waals surface area contributed by atoms with Gasteiger partial charge in [-0.2, -0.15) is 0 Å². The maximum absolute atomic E-state index is 13.2. The molecule has 0 saturated carbocycles. The molecular formula is C25H39N7O10. The van der Waals surface area contributed by atoms with Crippen molar-refractivity contribution in [3.63, 3.8) is 0 Å². The molecule has 1 aromatic rings. The van der Waals surface area contributed by atoms with Gasteiger partial charge in [0, 0.05) is 6.42 Å². The quantitative estimate of drug-likeness (QED) is 0.0854. The smallest absolute Gasteiger partial charge is 0.245 e. The van der Waals surface area contributed by atoms with Gasteiger partial charge in [-0.05, 0) is 38.5 Å². The van der Waals surface area contributed by atoms with E-state index in [9.17, 15) is 49.2 Å². The summed E-state index contributed by atoms with van der Waals surface area (Å²) in [6.07, 6.45) is -5.20. The van der Waals surface area contributed by atoms with Gasteiger partial charge < -0.3 is 58.9 Å². The fraction of sp³-hybridized carbons (Fsp3) is 0.520. The van der Waals surface area contributed by atoms with Crippen LogP contribution < -0.4 is 38.5 Å². The molecule has 0 heterocycles. The number of nitrogens with one attached hydrogen (secondary N) is 4. The van der Waals surface area contributed by atoms with E-state index < -0.39 is 90.4 Å². The average Bonchev–Trinajstić information content (AvgIpc) is 2.88. The van der Waals surface area contributed by atoms with E-state index in [1.165, 1.54) is 38.1 Å². The van der Waals surface area contributed by atoms with Crippen molar-refractivity contribution in [2.24, 2.45) is 17.2 Å². The molecule has 0 fully saturated rings. The maximum Gasteiger partial charge on any atom is 0.245 e. The monoisotopic (exact) mass is 597 g/mol. The molecule has 17 nitrogen and oxygen atoms in total. The lowest BCUT2D eigenvalue weighted by atomic mass is 10.0. The number of rotatable bonds is 16. The molecule has 0 aliphatic carbocycles. The Labute approximate surface area is 241 Å². The molecule has 0 aliphatic rings. The molecule has 17 heteroatoms. The highest BCUT2D eigenvalue weighted by Crippen LogP contribution is 2.12. The van der Waals surface area contributed by atoms with Crippen LogP contribution in [0, 0.1) is 0 Å². The Kier molecular flexibility index (Phi) is 13.8. The molecule has 6 amide bonds. The molecule has 0 bridgehead atoms. The van der Waals surface area contributed by atoms with Gasteiger partial charge in [-0.3, -0.25) is 28.8 Å². The van der Waals surface area contributed by atoms with Crippen molar-refractivity contribution < 1.29 is 49.2 Å². The Bertz CT molecular complexity index is 1130. The standard InChI is InChI=1S/C25H39N7O10/c1-10(33)18(27)24(41)32-20(12(3)35)25(42)30-16(9-17(26)37)22(39)29-15(8-13-4-6-14(36)7-5-13)23(40)31-19(11(2)34)21(28)38/h4-7,10-12,15-16,18-20,33-36H,8-9,27H2,1-3H3,(H2,26,37)(H2,28,38)(H,29,39)(H,30,42)(H,31,40)(H,32,41)/t10?,11?,12?,15-,16-,18-,19-,20-/m0/s1. The summed E-state index contributed by atoms with van der Waals surface area (Å²) in [5.74, 6) is -6.35. The van der Waals surface area contributed by atoms with E-state index in [1.807, 2.05) is 0 Å². The number of aliphatic hydroxyl groups excluding tert-OH is 3. The average molecular weight is 598 g/mol. The predicted molar refractivity (Wildman–Crippen MR) is 146 cm³/mol. The number of hydrogen-bond acceptors (Lipinski definition) is 11. The van der Waals surface area contributed by atoms with Crippen LogP contribution in [0.4, 0.5) is 0 Å². The van der Waals surface area contributed by atoms with Gasteiger partial charge in [0.2, 0.25) is 35.4 Å². The number of nitrogens with two attached hydrogens (primary N) is 3. The van der Waals surface area contributed by atoms with Crippen LogP contribution in [0.3, 0.4) is 0 Å². The molecule has 3 unspecified atom stereocenters. The third-order valence-electron chi connectivity index (χ3n) is 6.02. The second kappa shape index (κ2) is 16.2. The van der Waals surface area contributed by atoms with E-state index in [0.29, 0.717) is 5.56 Å². The van der Waals surface area contributed by atoms with Crippen LogP contribution in [-0.4, -0.2) is 104 Å². The van der Waals surface area contributed by atoms with E-state index in [-0.39, 0.29) is 12.2 Å². The van der Waals surface area contributed by atoms with Crippen molar-refractivity contribution in [2.75, 3.05) is 0 Å². The number of amides is 6. The third kappa shape index (κ3) is 11.3. The summed E-state index contributed by atoms with van der Waals surface area (Å²) in [4.78, 5) is 75.0. The number of benzene rings is 1. The molecule has 0 aromatic heterocycles. The highest BCUT2D eigenvalue weighted by molar-refractivity contribution is 5.97. The van der Waals surface area contributed by atoms with Crippen LogP contribution in [0.15, 0.2) is 24.3 Å². The van der Waals surface area contributed by atoms with Crippen molar-refractivity contribution in [3.8, 4) is 5.75 Å². The van der Waals surface area contributed by atoms with Gasteiger partial charge in [-0.25, -0.2) is 0 Å². The zero-order chi connectivity index (χ0) is 32.3. The summed E-state index contributed by atoms with van der Waals surface area (Å²) in [5, 5.41) is 47.9. The number of carbonyl (C=O) groups is 6. The Morgan fingerprint density at radius 1 is 0.690 bits per heavy atom. The Morgan fingerprint density at radius 2 is 1.17 bits per heavy atom. The highest BCUT2D eigenvalue weighted by atomic mass is 16.3. The molecule has 0 radical (unpaired) electrons. The summed E-state index contributed by atoms with van der Waals surface area (Å²) in [7, 11) is 0. The largest absolute Gasteiger partial charge is 0.508 e. The van der Waals surface area contributed by atoms with Crippen LogP contribution in [-0.2, 0) is 35.2 Å². The molecule has 234 valence electrons. The fourth-order valence-electron chi connectivity index (χ4n) is 3.58. The summed E-state index contributed by atoms with van der Waals surface area (Å²) < 4.78 is 0. The minimum absolute atomic E-state index is 0.0786. The number of phenolic OH excluding ortho intramolecular Hbond substituents is 1. The molecule has 0 saturated heterocycles. The first kappa shape index (κ1) is 35.7. The zero-order valence-electron chi connectivity index (χ0n) is 23.3. The lowest BCUT2D eigenvalue weighted by molar-refractivity contribution is -0.137. The van der Waals surface area contributed by atoms with Crippen LogP contribution >= 0.6 is 0 Å². The SMILES string of the molecule is CC(O)[C@H](N)C(=O)N[C@H](C(=O)N[C@@H](CC(N)=O)C(=O)N[C@@H](Cc1ccc(O)cc1)C(=O)N[C@H](C(N)=O)C(C)O)C(C)O. The van der Waals surface area contributed by atoms with Crippen LogP contribution in [0.1, 0.15) is 32.8 Å². The number of aromatic hydroxyl groups is 1. The molecular weight excluding hydrogens is 558 g/mol. The van der Waals surface area contributed by atoms with Crippen LogP contribution in [0.25, 0.3) is 0 Å². The van der Waals surface area contributed by atoms with E-state index in [0.717, 1.165) is 6.92 Å². The van der Waals surface area contributed by atoms with Gasteiger partial charge in [0.15, 0.2) is 0 Å². The van der Waals surface area contributed by atoms with Crippen molar-refractivity contribution in [3.05, 3.63) is 29.8 Å². The highest BCUT2D eigenvalue weighted by Gasteiger charge is 2.34. The number of hydrogen-bond donors (Lipinski definition) is 11. The predicted octanol–water partition coefficient (Wildman–Crippen LogP) is -5.30. The van der Waals surface area contributed by atoms with Gasteiger partial charge in [0.1, 0.15) is 36.0 Å². The number of primary amides is 2. The Balaban J connectivity index is 3.26. The number of carbonyl (C=O) groups excluding carboxylic acids is 6. The third-order valence-corrected chi connectivity index (χ3v) is 6.02. The van der Waals surface area contributed by atoms with Crippen molar-refractivity contribution in [1.29, 1.82) is 0 Å². The van der Waals surface area contributed by atoms with Crippen molar-refractivity contribution >= 4 is 35.4 Å². The minimum atomic E-state index is -1.71. The molecule has 1 rings (SSSR count). The van der Waals surface area contributed by atoms with E-state index >= 15 is 0 Å². The molecule has 8 atom stereocenters. The molecule has 0 aliphatic heterocycles. The molecule has 14 N–H and O–H groups in total. The molecule has 0 spiro atoms. The van der Waals surface area contributed by atoms with Gasteiger partial charge >= 0.3 is 0 Å². The topological polar surface area (TPSA) is 310 Å². The first-order valence-electron chi connectivity index (χ1n) is 12.8. The van der Waals surface area contributed by atoms with Crippen LogP contribution in [0.5, 0.6) is 5.75 Å². The van der Waals surface area contributed by atoms with Gasteiger partial charge in [0.25, 0.3) is 0 Å². The first-order chi connectivity index (χ1) is 19.4. The lowest BCUT2D eigenvalue weighted by Crippen LogP contribution is -2.62. The van der Waals surface area contributed by atoms with Gasteiger partial charge in [-0.15, -0.1) is 0 Å². The fourth-order valence-corrected chi connectivity index (χ4v) is 3.58. The molecule has 42 heavy (non-hydrogen) atoms.